The summed E-state index contributed by atoms with van der Waals surface area (Å²) in [5.74, 6) is -0.986. The molecule has 0 radical (unpaired) electrons. The quantitative estimate of drug-likeness (QED) is 0.519. The molecule has 4 rings (SSSR count). The van der Waals surface area contributed by atoms with E-state index in [0.29, 0.717) is 32.5 Å². The smallest absolute Gasteiger partial charge is 0.416 e. The van der Waals surface area contributed by atoms with Gasteiger partial charge in [-0.2, -0.15) is 22.5 Å². The van der Waals surface area contributed by atoms with Crippen LogP contribution in [-0.2, 0) is 33.9 Å². The van der Waals surface area contributed by atoms with E-state index in [1.165, 1.54) is 4.31 Å². The lowest BCUT2D eigenvalue weighted by atomic mass is 9.91. The fraction of sp³-hybridized carbons (Fsp3) is 0.615. The van der Waals surface area contributed by atoms with Crippen LogP contribution < -0.4 is 10.2 Å². The molecule has 1 amide bonds. The molecule has 2 atom stereocenters. The molecule has 9 nitrogen and oxygen atoms in total. The molecule has 2 aliphatic rings. The van der Waals surface area contributed by atoms with Gasteiger partial charge in [0.2, 0.25) is 10.0 Å². The fourth-order valence-corrected chi connectivity index (χ4v) is 5.90. The van der Waals surface area contributed by atoms with Crippen molar-refractivity contribution in [3.8, 4) is 5.75 Å². The van der Waals surface area contributed by atoms with Crippen LogP contribution in [0.25, 0.3) is 0 Å². The molecule has 216 valence electrons. The summed E-state index contributed by atoms with van der Waals surface area (Å²) >= 11 is 0. The summed E-state index contributed by atoms with van der Waals surface area (Å²) in [4.78, 5) is 17.6. The first-order valence-corrected chi connectivity index (χ1v) is 14.8. The fourth-order valence-electron chi connectivity index (χ4n) is 4.75. The van der Waals surface area contributed by atoms with Gasteiger partial charge in [0.25, 0.3) is 5.91 Å². The molecule has 0 spiro atoms. The number of halogens is 3. The Kier molecular flexibility index (Phi) is 8.34. The van der Waals surface area contributed by atoms with Gasteiger partial charge in [0, 0.05) is 24.9 Å². The average Bonchev–Trinajstić information content (AvgIpc) is 3.40. The molecule has 2 saturated heterocycles. The number of carbonyl (C=O) groups excluding carboxylic acids is 1. The number of alkyl halides is 3. The molecule has 0 saturated carbocycles. The maximum Gasteiger partial charge on any atom is 0.416 e. The molecular weight excluding hydrogens is 537 g/mol. The van der Waals surface area contributed by atoms with Crippen molar-refractivity contribution < 1.29 is 35.9 Å². The Labute approximate surface area is 226 Å². The number of carbonyl (C=O) groups is 1. The number of rotatable bonds is 8. The maximum absolute atomic E-state index is 13.5. The van der Waals surface area contributed by atoms with Gasteiger partial charge < -0.3 is 14.6 Å². The molecule has 39 heavy (non-hydrogen) atoms. The van der Waals surface area contributed by atoms with Gasteiger partial charge in [-0.25, -0.2) is 8.42 Å². The third-order valence-corrected chi connectivity index (χ3v) is 8.02. The summed E-state index contributed by atoms with van der Waals surface area (Å²) in [5.41, 5.74) is -0.308. The highest BCUT2D eigenvalue weighted by atomic mass is 32.2. The van der Waals surface area contributed by atoms with E-state index >= 15 is 0 Å². The van der Waals surface area contributed by atoms with E-state index in [-0.39, 0.29) is 34.9 Å². The predicted octanol–water partition coefficient (Wildman–Crippen LogP) is 3.76. The normalized spacial score (nSPS) is 21.3. The standard InChI is InChI=1S/C26H35F3N4O5S/c1-25(2,3)14-18-13-23(32(31-18)15-20-6-5-11-37-20)30-24(34)21-12-17(26(27,28)29)7-8-22(21)38-16-19-9-10-33(19)39(4,35)36/h7-8,12-13,19-20,31H,5-6,9-11,14-16H2,1-4H3/t19-,20+/m0/s1. The van der Waals surface area contributed by atoms with E-state index < -0.39 is 33.7 Å². The third kappa shape index (κ3) is 7.52. The van der Waals surface area contributed by atoms with Crippen LogP contribution >= 0.6 is 0 Å². The van der Waals surface area contributed by atoms with Gasteiger partial charge in [0.15, 0.2) is 5.49 Å². The van der Waals surface area contributed by atoms with Crippen LogP contribution in [0.15, 0.2) is 29.3 Å². The number of nitrogens with one attached hydrogen (secondary N) is 1. The number of hydrogen-bond donors (Lipinski definition) is 1. The summed E-state index contributed by atoms with van der Waals surface area (Å²) < 4.78 is 78.7. The number of H-pyrrole nitrogens is 1. The van der Waals surface area contributed by atoms with Crippen molar-refractivity contribution in [3.05, 3.63) is 46.6 Å². The van der Waals surface area contributed by atoms with Gasteiger partial charge in [-0.1, -0.05) is 20.8 Å². The van der Waals surface area contributed by atoms with E-state index in [9.17, 15) is 26.4 Å². The van der Waals surface area contributed by atoms with E-state index in [0.717, 1.165) is 43.0 Å². The van der Waals surface area contributed by atoms with Gasteiger partial charge in [-0.15, -0.1) is 0 Å². The Morgan fingerprint density at radius 2 is 1.95 bits per heavy atom. The van der Waals surface area contributed by atoms with Crippen molar-refractivity contribution in [1.82, 2.24) is 14.1 Å². The van der Waals surface area contributed by atoms with Gasteiger partial charge in [-0.05, 0) is 49.3 Å². The minimum atomic E-state index is -4.68. The van der Waals surface area contributed by atoms with Crippen LogP contribution in [0.2, 0.25) is 0 Å². The van der Waals surface area contributed by atoms with Crippen LogP contribution in [0.4, 0.5) is 13.2 Å². The number of sulfonamides is 1. The number of hydrogen-bond acceptors (Lipinski definition) is 5. The molecule has 0 unspecified atom stereocenters. The second kappa shape index (κ2) is 11.1. The Morgan fingerprint density at radius 3 is 2.51 bits per heavy atom. The van der Waals surface area contributed by atoms with Crippen LogP contribution in [-0.4, -0.2) is 66.6 Å². The molecule has 1 aromatic heterocycles. The zero-order valence-electron chi connectivity index (χ0n) is 22.5. The minimum absolute atomic E-state index is 0.0583. The Hall–Kier alpha value is -2.64. The average molecular weight is 573 g/mol. The molecule has 1 aromatic carbocycles. The summed E-state index contributed by atoms with van der Waals surface area (Å²) in [6.07, 6.45) is -0.666. The van der Waals surface area contributed by atoms with Gasteiger partial charge in [0.05, 0.1) is 36.1 Å². The van der Waals surface area contributed by atoms with Gasteiger partial charge in [0.1, 0.15) is 12.4 Å². The lowest BCUT2D eigenvalue weighted by Gasteiger charge is -2.38. The molecular formula is C26H35F3N4O5S. The first kappa shape index (κ1) is 29.3. The van der Waals surface area contributed by atoms with E-state index in [1.54, 1.807) is 10.7 Å². The molecule has 0 aliphatic carbocycles. The highest BCUT2D eigenvalue weighted by Gasteiger charge is 2.36. The number of ether oxygens (including phenoxy) is 2. The predicted molar refractivity (Wildman–Crippen MR) is 138 cm³/mol. The lowest BCUT2D eigenvalue weighted by Crippen LogP contribution is -2.53. The number of aromatic nitrogens is 2. The first-order chi connectivity index (χ1) is 18.1. The third-order valence-electron chi connectivity index (χ3n) is 6.69. The molecule has 1 N–H and O–H groups in total. The Bertz CT molecular complexity index is 1370. The van der Waals surface area contributed by atoms with Crippen molar-refractivity contribution in [1.29, 1.82) is 0 Å². The number of benzene rings is 1. The Morgan fingerprint density at radius 1 is 1.21 bits per heavy atom. The highest BCUT2D eigenvalue weighted by molar-refractivity contribution is 7.88. The molecule has 3 heterocycles. The summed E-state index contributed by atoms with van der Waals surface area (Å²) in [5, 5.41) is 3.26. The van der Waals surface area contributed by atoms with Crippen LogP contribution in [0, 0.1) is 5.41 Å². The number of amides is 1. The van der Waals surface area contributed by atoms with Crippen molar-refractivity contribution in [2.45, 2.75) is 71.3 Å². The molecule has 0 bridgehead atoms. The van der Waals surface area contributed by atoms with Crippen LogP contribution in [0.1, 0.15) is 61.6 Å². The summed E-state index contributed by atoms with van der Waals surface area (Å²) in [6, 6.07) is 3.91. The van der Waals surface area contributed by atoms with E-state index in [4.69, 9.17) is 9.47 Å². The minimum Gasteiger partial charge on any atom is -0.491 e. The van der Waals surface area contributed by atoms with Crippen LogP contribution in [0.5, 0.6) is 5.75 Å². The topological polar surface area (TPSA) is 106 Å². The van der Waals surface area contributed by atoms with E-state index in [2.05, 4.69) is 30.9 Å². The molecule has 2 fully saturated rings. The largest absolute Gasteiger partial charge is 0.491 e. The zero-order valence-corrected chi connectivity index (χ0v) is 23.4. The molecule has 2 aliphatic heterocycles. The number of nitrogens with zero attached hydrogens (tertiary/aromatic N) is 3. The zero-order chi connectivity index (χ0) is 28.6. The van der Waals surface area contributed by atoms with Gasteiger partial charge in [-0.3, -0.25) is 9.48 Å². The monoisotopic (exact) mass is 572 g/mol. The summed E-state index contributed by atoms with van der Waals surface area (Å²) in [6.45, 7) is 7.52. The Balaban J connectivity index is 1.67. The van der Waals surface area contributed by atoms with Crippen molar-refractivity contribution >= 4 is 15.9 Å². The second-order valence-electron chi connectivity index (χ2n) is 11.4. The first-order valence-electron chi connectivity index (χ1n) is 12.9. The van der Waals surface area contributed by atoms with Crippen molar-refractivity contribution in [2.75, 3.05) is 26.0 Å². The molecule has 2 aromatic rings. The molecule has 13 heteroatoms. The van der Waals surface area contributed by atoms with Gasteiger partial charge >= 0.3 is 6.18 Å². The summed E-state index contributed by atoms with van der Waals surface area (Å²) in [7, 11) is -3.44. The maximum atomic E-state index is 13.5. The van der Waals surface area contributed by atoms with Crippen molar-refractivity contribution in [3.63, 3.8) is 0 Å². The second-order valence-corrected chi connectivity index (χ2v) is 13.3. The number of aromatic amines is 1. The van der Waals surface area contributed by atoms with Crippen molar-refractivity contribution in [2.24, 2.45) is 10.4 Å². The SMILES string of the molecule is CC(C)(C)Cc1cc(=NC(=O)c2cc(C(F)(F)F)ccc2OC[C@@H]2CCN2S(C)(=O)=O)n(C[C@H]2CCCO2)[nH]1. The van der Waals surface area contributed by atoms with Crippen LogP contribution in [0.3, 0.4) is 0 Å². The highest BCUT2D eigenvalue weighted by Crippen LogP contribution is 2.33. The lowest BCUT2D eigenvalue weighted by molar-refractivity contribution is -0.137. The van der Waals surface area contributed by atoms with E-state index in [1.807, 2.05) is 0 Å².